The molecule has 4 aromatic rings. The van der Waals surface area contributed by atoms with Crippen molar-refractivity contribution in [2.45, 2.75) is 64.6 Å². The molecule has 0 spiro atoms. The number of nitrogens with zero attached hydrogens (tertiary/aromatic N) is 5. The number of anilines is 3. The van der Waals surface area contributed by atoms with Crippen molar-refractivity contribution in [3.05, 3.63) is 53.3 Å². The molecule has 1 saturated heterocycles. The quantitative estimate of drug-likeness (QED) is 0.329. The fraction of sp³-hybridized carbons (Fsp3) is 0.400. The first-order valence-corrected chi connectivity index (χ1v) is 13.0. The summed E-state index contributed by atoms with van der Waals surface area (Å²) in [4.78, 5) is 29.3. The molecule has 1 aliphatic heterocycles. The summed E-state index contributed by atoms with van der Waals surface area (Å²) in [5.74, 6) is 2.06. The molecule has 182 valence electrons. The van der Waals surface area contributed by atoms with Crippen LogP contribution in [0, 0.1) is 6.92 Å². The first-order valence-electron chi connectivity index (χ1n) is 12.1. The van der Waals surface area contributed by atoms with E-state index in [0.717, 1.165) is 53.2 Å². The van der Waals surface area contributed by atoms with Gasteiger partial charge in [0.25, 0.3) is 5.91 Å². The number of carbonyl (C=O) groups is 1. The third-order valence-electron chi connectivity index (χ3n) is 6.55. The number of hydrogen-bond acceptors (Lipinski definition) is 8. The summed E-state index contributed by atoms with van der Waals surface area (Å²) in [6, 6.07) is 9.85. The lowest BCUT2D eigenvalue weighted by atomic mass is 9.88. The SMILES string of the molecule is CC[C@@H]1C[C@@H](Nc2nc(Nc3cc(C)[nH]n3)c3sccc3n2)C[C@H](CC)N1C(=O)c1ccccn1. The Morgan fingerprint density at radius 3 is 2.63 bits per heavy atom. The monoisotopic (exact) mass is 490 g/mol. The van der Waals surface area contributed by atoms with E-state index in [2.05, 4.69) is 44.6 Å². The highest BCUT2D eigenvalue weighted by Crippen LogP contribution is 2.32. The number of nitrogens with one attached hydrogen (secondary N) is 3. The predicted molar refractivity (Wildman–Crippen MR) is 139 cm³/mol. The average Bonchev–Trinajstić information content (AvgIpc) is 3.52. The number of likely N-dealkylation sites (tertiary alicyclic amines) is 1. The molecule has 1 aliphatic rings. The third-order valence-corrected chi connectivity index (χ3v) is 7.46. The highest BCUT2D eigenvalue weighted by Gasteiger charge is 2.38. The number of pyridine rings is 1. The van der Waals surface area contributed by atoms with Crippen LogP contribution in [0.25, 0.3) is 10.2 Å². The maximum atomic E-state index is 13.3. The summed E-state index contributed by atoms with van der Waals surface area (Å²) < 4.78 is 0.991. The maximum Gasteiger partial charge on any atom is 0.272 e. The van der Waals surface area contributed by atoms with Gasteiger partial charge in [-0.2, -0.15) is 10.1 Å². The van der Waals surface area contributed by atoms with Gasteiger partial charge in [0.15, 0.2) is 11.6 Å². The van der Waals surface area contributed by atoms with Crippen molar-refractivity contribution in [2.75, 3.05) is 10.6 Å². The molecule has 0 unspecified atom stereocenters. The van der Waals surface area contributed by atoms with Gasteiger partial charge in [-0.1, -0.05) is 19.9 Å². The molecule has 0 bridgehead atoms. The van der Waals surface area contributed by atoms with E-state index in [9.17, 15) is 4.79 Å². The second kappa shape index (κ2) is 9.99. The summed E-state index contributed by atoms with van der Waals surface area (Å²) in [5, 5.41) is 16.2. The van der Waals surface area contributed by atoms with E-state index in [1.165, 1.54) is 0 Å². The summed E-state index contributed by atoms with van der Waals surface area (Å²) in [6.07, 6.45) is 5.10. The van der Waals surface area contributed by atoms with E-state index in [1.54, 1.807) is 23.6 Å². The van der Waals surface area contributed by atoms with Crippen LogP contribution < -0.4 is 10.6 Å². The summed E-state index contributed by atoms with van der Waals surface area (Å²) >= 11 is 1.60. The summed E-state index contributed by atoms with van der Waals surface area (Å²) in [7, 11) is 0. The van der Waals surface area contributed by atoms with Gasteiger partial charge in [0, 0.05) is 36.1 Å². The number of fused-ring (bicyclic) bond motifs is 1. The van der Waals surface area contributed by atoms with Crippen LogP contribution in [0.4, 0.5) is 17.6 Å². The Hall–Kier alpha value is -3.53. The predicted octanol–water partition coefficient (Wildman–Crippen LogP) is 5.14. The first kappa shape index (κ1) is 23.2. The molecular formula is C25H30N8OS. The Labute approximate surface area is 208 Å². The molecule has 10 heteroatoms. The number of thiophene rings is 1. The maximum absolute atomic E-state index is 13.3. The number of rotatable bonds is 7. The Morgan fingerprint density at radius 1 is 1.17 bits per heavy atom. The fourth-order valence-electron chi connectivity index (χ4n) is 4.87. The smallest absolute Gasteiger partial charge is 0.272 e. The summed E-state index contributed by atoms with van der Waals surface area (Å²) in [5.41, 5.74) is 2.38. The van der Waals surface area contributed by atoms with Crippen LogP contribution in [-0.2, 0) is 0 Å². The molecule has 0 aromatic carbocycles. The van der Waals surface area contributed by atoms with E-state index in [0.29, 0.717) is 11.6 Å². The molecule has 5 heterocycles. The Morgan fingerprint density at radius 2 is 1.97 bits per heavy atom. The molecular weight excluding hydrogens is 460 g/mol. The molecule has 5 rings (SSSR count). The first-order chi connectivity index (χ1) is 17.1. The van der Waals surface area contributed by atoms with Gasteiger partial charge >= 0.3 is 0 Å². The van der Waals surface area contributed by atoms with Gasteiger partial charge in [-0.3, -0.25) is 14.9 Å². The van der Waals surface area contributed by atoms with Gasteiger partial charge in [-0.15, -0.1) is 11.3 Å². The van der Waals surface area contributed by atoms with E-state index < -0.39 is 0 Å². The fourth-order valence-corrected chi connectivity index (χ4v) is 5.65. The van der Waals surface area contributed by atoms with Crippen molar-refractivity contribution in [3.63, 3.8) is 0 Å². The highest BCUT2D eigenvalue weighted by molar-refractivity contribution is 7.17. The molecule has 0 radical (unpaired) electrons. The third kappa shape index (κ3) is 4.84. The van der Waals surface area contributed by atoms with E-state index in [4.69, 9.17) is 9.97 Å². The number of piperidine rings is 1. The van der Waals surface area contributed by atoms with Gasteiger partial charge in [-0.25, -0.2) is 4.98 Å². The van der Waals surface area contributed by atoms with Crippen molar-refractivity contribution < 1.29 is 4.79 Å². The Bertz CT molecular complexity index is 1290. The number of aryl methyl sites for hydroxylation is 1. The second-order valence-corrected chi connectivity index (χ2v) is 9.87. The number of carbonyl (C=O) groups excluding carboxylic acids is 1. The van der Waals surface area contributed by atoms with Crippen LogP contribution in [0.3, 0.4) is 0 Å². The number of aromatic amines is 1. The van der Waals surface area contributed by atoms with Gasteiger partial charge in [-0.05, 0) is 56.2 Å². The average molecular weight is 491 g/mol. The van der Waals surface area contributed by atoms with Crippen LogP contribution in [0.2, 0.25) is 0 Å². The van der Waals surface area contributed by atoms with E-state index in [-0.39, 0.29) is 24.0 Å². The topological polar surface area (TPSA) is 112 Å². The number of amides is 1. The second-order valence-electron chi connectivity index (χ2n) is 8.96. The molecule has 4 aromatic heterocycles. The lowest BCUT2D eigenvalue weighted by Gasteiger charge is -2.45. The molecule has 1 amide bonds. The minimum atomic E-state index is 0.0134. The van der Waals surface area contributed by atoms with Gasteiger partial charge in [0.1, 0.15) is 5.69 Å². The number of H-pyrrole nitrogens is 1. The molecule has 0 aliphatic carbocycles. The van der Waals surface area contributed by atoms with E-state index >= 15 is 0 Å². The molecule has 0 saturated carbocycles. The van der Waals surface area contributed by atoms with Gasteiger partial charge in [0.05, 0.1) is 10.2 Å². The van der Waals surface area contributed by atoms with Crippen LogP contribution in [0.5, 0.6) is 0 Å². The van der Waals surface area contributed by atoms with Gasteiger partial charge < -0.3 is 15.5 Å². The van der Waals surface area contributed by atoms with Crippen LogP contribution >= 0.6 is 11.3 Å². The zero-order valence-corrected chi connectivity index (χ0v) is 21.0. The van der Waals surface area contributed by atoms with E-state index in [1.807, 2.05) is 36.6 Å². The highest BCUT2D eigenvalue weighted by atomic mass is 32.1. The van der Waals surface area contributed by atoms with Crippen molar-refractivity contribution in [1.29, 1.82) is 0 Å². The number of hydrogen-bond donors (Lipinski definition) is 3. The lowest BCUT2D eigenvalue weighted by molar-refractivity contribution is 0.0406. The molecule has 35 heavy (non-hydrogen) atoms. The minimum absolute atomic E-state index is 0.0134. The normalized spacial score (nSPS) is 20.2. The lowest BCUT2D eigenvalue weighted by Crippen LogP contribution is -2.54. The zero-order valence-electron chi connectivity index (χ0n) is 20.2. The van der Waals surface area contributed by atoms with Crippen molar-refractivity contribution in [2.24, 2.45) is 0 Å². The van der Waals surface area contributed by atoms with Crippen LogP contribution in [0.1, 0.15) is 55.7 Å². The molecule has 3 atom stereocenters. The van der Waals surface area contributed by atoms with Crippen LogP contribution in [-0.4, -0.2) is 54.1 Å². The largest absolute Gasteiger partial charge is 0.351 e. The standard InChI is InChI=1S/C25H30N8OS/c1-4-17-13-16(14-18(5-2)33(17)24(34)20-8-6-7-10-26-20)27-25-28-19-9-11-35-22(19)23(30-25)29-21-12-15(3)31-32-21/h6-12,16-18H,4-5,13-14H2,1-3H3,(H3,27,28,29,30,31,32)/t16-,17-,18+. The van der Waals surface area contributed by atoms with Gasteiger partial charge in [0.2, 0.25) is 5.95 Å². The molecule has 9 nitrogen and oxygen atoms in total. The van der Waals surface area contributed by atoms with Crippen LogP contribution in [0.15, 0.2) is 41.9 Å². The van der Waals surface area contributed by atoms with Crippen molar-refractivity contribution in [3.8, 4) is 0 Å². The number of aromatic nitrogens is 5. The Balaban J connectivity index is 1.37. The summed E-state index contributed by atoms with van der Waals surface area (Å²) in [6.45, 7) is 6.24. The molecule has 3 N–H and O–H groups in total. The minimum Gasteiger partial charge on any atom is -0.351 e. The zero-order chi connectivity index (χ0) is 24.4. The Kier molecular flexibility index (Phi) is 6.63. The van der Waals surface area contributed by atoms with Crippen molar-refractivity contribution >= 4 is 45.0 Å². The molecule has 1 fully saturated rings. The van der Waals surface area contributed by atoms with Crippen molar-refractivity contribution in [1.82, 2.24) is 30.0 Å².